The molecule has 0 amide bonds. The second-order valence-corrected chi connectivity index (χ2v) is 16.2. The van der Waals surface area contributed by atoms with E-state index >= 15 is 0 Å². The van der Waals surface area contributed by atoms with Crippen LogP contribution in [-0.4, -0.2) is 61.6 Å². The smallest absolute Gasteiger partial charge is 0.396 e. The molecule has 5 unspecified atom stereocenters. The fourth-order valence-electron chi connectivity index (χ4n) is 9.89. The van der Waals surface area contributed by atoms with E-state index in [0.29, 0.717) is 24.2 Å². The van der Waals surface area contributed by atoms with Gasteiger partial charge in [0.2, 0.25) is 0 Å². The molecule has 40 heavy (non-hydrogen) atoms. The molecular formula is C28H50O10S2. The summed E-state index contributed by atoms with van der Waals surface area (Å²) in [7, 11) is -9.19. The number of rotatable bonds is 11. The second-order valence-electron chi connectivity index (χ2n) is 14.1. The number of aliphatic hydroxyl groups is 2. The van der Waals surface area contributed by atoms with Gasteiger partial charge in [0.1, 0.15) is 6.10 Å². The highest BCUT2D eigenvalue weighted by Gasteiger charge is 2.62. The van der Waals surface area contributed by atoms with Crippen molar-refractivity contribution in [3.8, 4) is 0 Å². The normalized spacial score (nSPS) is 42.4. The molecule has 12 atom stereocenters. The molecule has 10 nitrogen and oxygen atoms in total. The number of aliphatic hydroxyl groups excluding tert-OH is 2. The zero-order valence-corrected chi connectivity index (χ0v) is 25.9. The highest BCUT2D eigenvalue weighted by Crippen LogP contribution is 2.68. The number of fused-ring (bicyclic) bond motifs is 5. The molecule has 4 saturated carbocycles. The van der Waals surface area contributed by atoms with Crippen molar-refractivity contribution < 1.29 is 44.5 Å². The lowest BCUT2D eigenvalue weighted by Crippen LogP contribution is -2.59. The largest absolute Gasteiger partial charge is 0.397 e. The first-order valence-corrected chi connectivity index (χ1v) is 17.8. The van der Waals surface area contributed by atoms with Crippen molar-refractivity contribution in [1.82, 2.24) is 0 Å². The van der Waals surface area contributed by atoms with E-state index in [0.717, 1.165) is 57.8 Å². The van der Waals surface area contributed by atoms with Crippen molar-refractivity contribution in [2.75, 3.05) is 13.2 Å². The van der Waals surface area contributed by atoms with E-state index in [4.69, 9.17) is 8.37 Å². The third-order valence-electron chi connectivity index (χ3n) is 12.3. The first-order chi connectivity index (χ1) is 18.5. The van der Waals surface area contributed by atoms with E-state index in [2.05, 4.69) is 20.8 Å². The molecule has 4 aliphatic rings. The van der Waals surface area contributed by atoms with Crippen molar-refractivity contribution >= 4 is 20.8 Å². The van der Waals surface area contributed by atoms with Crippen LogP contribution in [0.5, 0.6) is 0 Å². The third-order valence-corrected chi connectivity index (χ3v) is 13.2. The molecule has 0 bridgehead atoms. The van der Waals surface area contributed by atoms with Gasteiger partial charge in [-0.05, 0) is 116 Å². The topological polar surface area (TPSA) is 168 Å². The van der Waals surface area contributed by atoms with Crippen LogP contribution < -0.4 is 0 Å². The molecule has 4 rings (SSSR count). The number of hydrogen-bond acceptors (Lipinski definition) is 8. The van der Waals surface area contributed by atoms with Crippen LogP contribution >= 0.6 is 0 Å². The zero-order chi connectivity index (χ0) is 29.7. The van der Waals surface area contributed by atoms with E-state index < -0.39 is 33.0 Å². The van der Waals surface area contributed by atoms with E-state index in [9.17, 15) is 36.2 Å². The average molecular weight is 611 g/mol. The Morgan fingerprint density at radius 2 is 1.43 bits per heavy atom. The van der Waals surface area contributed by atoms with E-state index in [-0.39, 0.29) is 53.6 Å². The molecule has 0 radical (unpaired) electrons. The van der Waals surface area contributed by atoms with Gasteiger partial charge in [0.25, 0.3) is 0 Å². The Kier molecular flexibility index (Phi) is 9.75. The maximum absolute atomic E-state index is 11.5. The lowest BCUT2D eigenvalue weighted by atomic mass is 9.44. The lowest BCUT2D eigenvalue weighted by Gasteiger charge is -2.62. The molecule has 0 heterocycles. The monoisotopic (exact) mass is 610 g/mol. The Hall–Kier alpha value is -0.340. The standard InChI is InChI=1S/C28H50O10S2/c1-17(18(2)15-29)5-6-19(16-37-39(31,32)33)21-9-10-22-20-7-8-24-26(30)25(38-40(34,35)36)12-14-28(24,4)23(20)11-13-27(21,22)3/h17-26,29-30H,5-16H2,1-4H3,(H,31,32,33)(H,34,35,36)/t17?,18?,19-,20?,21+,22?,23?,24+,25+,26-,27+,28+/m0/s1. The summed E-state index contributed by atoms with van der Waals surface area (Å²) in [6.45, 7) is 8.78. The summed E-state index contributed by atoms with van der Waals surface area (Å²) in [5.41, 5.74) is -0.141. The summed E-state index contributed by atoms with van der Waals surface area (Å²) in [5, 5.41) is 20.7. The Labute approximate surface area is 240 Å². The molecular weight excluding hydrogens is 560 g/mol. The zero-order valence-electron chi connectivity index (χ0n) is 24.3. The second kappa shape index (κ2) is 12.0. The van der Waals surface area contributed by atoms with Crippen LogP contribution in [-0.2, 0) is 29.2 Å². The van der Waals surface area contributed by atoms with Crippen molar-refractivity contribution in [1.29, 1.82) is 0 Å². The molecule has 0 saturated heterocycles. The molecule has 0 spiro atoms. The van der Waals surface area contributed by atoms with Gasteiger partial charge in [-0.25, -0.2) is 8.37 Å². The van der Waals surface area contributed by atoms with Crippen molar-refractivity contribution in [2.45, 2.75) is 104 Å². The first-order valence-electron chi connectivity index (χ1n) is 15.1. The Bertz CT molecular complexity index is 1100. The summed E-state index contributed by atoms with van der Waals surface area (Å²) < 4.78 is 74.1. The molecule has 0 aromatic rings. The van der Waals surface area contributed by atoms with Gasteiger partial charge in [0.15, 0.2) is 0 Å². The van der Waals surface area contributed by atoms with Crippen LogP contribution in [0.2, 0.25) is 0 Å². The SMILES string of the molecule is CC(CO)C(C)CC[C@@H](COS(=O)(=O)O)[C@H]1CCC2C3CC[C@@H]4[C@H](O)[C@H](OS(=O)(=O)O)CC[C@]4(C)C3CC[C@@]21C. The maximum atomic E-state index is 11.5. The Morgan fingerprint density at radius 1 is 0.800 bits per heavy atom. The molecule has 12 heteroatoms. The third kappa shape index (κ3) is 6.59. The van der Waals surface area contributed by atoms with E-state index in [1.54, 1.807) is 0 Å². The molecule has 4 aliphatic carbocycles. The predicted octanol–water partition coefficient (Wildman–Crippen LogP) is 4.28. The predicted molar refractivity (Wildman–Crippen MR) is 149 cm³/mol. The molecule has 0 aliphatic heterocycles. The molecule has 4 N–H and O–H groups in total. The molecule has 0 aromatic carbocycles. The van der Waals surface area contributed by atoms with Gasteiger partial charge in [-0.2, -0.15) is 16.8 Å². The van der Waals surface area contributed by atoms with Gasteiger partial charge in [-0.3, -0.25) is 9.11 Å². The lowest BCUT2D eigenvalue weighted by molar-refractivity contribution is -0.171. The molecule has 234 valence electrons. The van der Waals surface area contributed by atoms with Crippen LogP contribution in [0.4, 0.5) is 0 Å². The number of hydrogen-bond donors (Lipinski definition) is 4. The summed E-state index contributed by atoms with van der Waals surface area (Å²) in [6, 6.07) is 0. The fraction of sp³-hybridized carbons (Fsp3) is 1.00. The minimum atomic E-state index is -4.64. The summed E-state index contributed by atoms with van der Waals surface area (Å²) in [4.78, 5) is 0. The van der Waals surface area contributed by atoms with Crippen LogP contribution in [0.3, 0.4) is 0 Å². The van der Waals surface area contributed by atoms with Crippen LogP contribution in [0.1, 0.15) is 91.9 Å². The van der Waals surface area contributed by atoms with E-state index in [1.807, 2.05) is 6.92 Å². The minimum Gasteiger partial charge on any atom is -0.396 e. The average Bonchev–Trinajstić information content (AvgIpc) is 3.21. The van der Waals surface area contributed by atoms with Gasteiger partial charge in [-0.1, -0.05) is 34.1 Å². The Balaban J connectivity index is 1.51. The fourth-order valence-corrected chi connectivity index (χ4v) is 10.8. The van der Waals surface area contributed by atoms with Crippen molar-refractivity contribution in [2.24, 2.45) is 58.2 Å². The highest BCUT2D eigenvalue weighted by atomic mass is 32.3. The van der Waals surface area contributed by atoms with Gasteiger partial charge >= 0.3 is 20.8 Å². The summed E-state index contributed by atoms with van der Waals surface area (Å²) in [5.74, 6) is 1.88. The highest BCUT2D eigenvalue weighted by molar-refractivity contribution is 7.81. The van der Waals surface area contributed by atoms with Crippen molar-refractivity contribution in [3.05, 3.63) is 0 Å². The quantitative estimate of drug-likeness (QED) is 0.248. The van der Waals surface area contributed by atoms with Gasteiger partial charge < -0.3 is 10.2 Å². The van der Waals surface area contributed by atoms with Gasteiger partial charge in [0, 0.05) is 6.61 Å². The minimum absolute atomic E-state index is 0.00728. The summed E-state index contributed by atoms with van der Waals surface area (Å²) >= 11 is 0. The first kappa shape index (κ1) is 32.6. The Morgan fingerprint density at radius 3 is 2.05 bits per heavy atom. The van der Waals surface area contributed by atoms with Crippen LogP contribution in [0.25, 0.3) is 0 Å². The summed E-state index contributed by atoms with van der Waals surface area (Å²) in [6.07, 6.45) is 6.54. The maximum Gasteiger partial charge on any atom is 0.397 e. The van der Waals surface area contributed by atoms with Crippen LogP contribution in [0.15, 0.2) is 0 Å². The van der Waals surface area contributed by atoms with Crippen LogP contribution in [0, 0.1) is 58.2 Å². The molecule has 4 fully saturated rings. The van der Waals surface area contributed by atoms with Gasteiger partial charge in [0.05, 0.1) is 12.7 Å². The van der Waals surface area contributed by atoms with Crippen molar-refractivity contribution in [3.63, 3.8) is 0 Å². The van der Waals surface area contributed by atoms with E-state index in [1.165, 1.54) is 0 Å². The van der Waals surface area contributed by atoms with Gasteiger partial charge in [-0.15, -0.1) is 0 Å². The molecule has 0 aromatic heterocycles.